The first-order valence-corrected chi connectivity index (χ1v) is 7.47. The summed E-state index contributed by atoms with van der Waals surface area (Å²) < 4.78 is 7.01. The lowest BCUT2D eigenvalue weighted by Gasteiger charge is -2.31. The minimum absolute atomic E-state index is 0.0585. The first kappa shape index (κ1) is 15.3. The van der Waals surface area contributed by atoms with E-state index < -0.39 is 5.54 Å². The number of nitrogens with one attached hydrogen (secondary N) is 1. The van der Waals surface area contributed by atoms with Gasteiger partial charge in [0.15, 0.2) is 0 Å². The largest absolute Gasteiger partial charge is 0.465 e. The van der Waals surface area contributed by atoms with E-state index in [4.69, 9.17) is 16.3 Å². The van der Waals surface area contributed by atoms with E-state index in [-0.39, 0.29) is 12.0 Å². The Balaban J connectivity index is 2.07. The topological polar surface area (TPSA) is 56.2 Å². The van der Waals surface area contributed by atoms with Crippen LogP contribution in [-0.2, 0) is 9.53 Å². The number of carbonyl (C=O) groups excluding carboxylic acids is 1. The second kappa shape index (κ2) is 6.14. The van der Waals surface area contributed by atoms with Gasteiger partial charge in [0.1, 0.15) is 5.54 Å². The van der Waals surface area contributed by atoms with Crippen LogP contribution in [0, 0.1) is 0 Å². The van der Waals surface area contributed by atoms with E-state index in [1.54, 1.807) is 17.1 Å². The molecule has 5 nitrogen and oxygen atoms in total. The van der Waals surface area contributed by atoms with Crippen LogP contribution in [0.1, 0.15) is 46.1 Å². The highest BCUT2D eigenvalue weighted by Gasteiger charge is 2.41. The van der Waals surface area contributed by atoms with Gasteiger partial charge in [0.25, 0.3) is 0 Å². The molecule has 2 atom stereocenters. The Bertz CT molecular complexity index is 473. The molecule has 2 unspecified atom stereocenters. The van der Waals surface area contributed by atoms with Crippen molar-refractivity contribution in [2.45, 2.75) is 57.7 Å². The Morgan fingerprint density at radius 1 is 1.70 bits per heavy atom. The van der Waals surface area contributed by atoms with Crippen molar-refractivity contribution >= 4 is 17.6 Å². The molecule has 1 N–H and O–H groups in total. The standard InChI is InChI=1S/C14H22ClN3O2/c1-4-20-13(19)14(3,17-12-5-6-12)7-10(2)18-9-11(15)8-16-18/h8-10,12,17H,4-7H2,1-3H3. The zero-order valence-corrected chi connectivity index (χ0v) is 13.0. The van der Waals surface area contributed by atoms with E-state index >= 15 is 0 Å². The van der Waals surface area contributed by atoms with Crippen molar-refractivity contribution in [3.63, 3.8) is 0 Å². The molecule has 1 fully saturated rings. The fourth-order valence-electron chi connectivity index (χ4n) is 2.41. The Morgan fingerprint density at radius 2 is 2.40 bits per heavy atom. The fourth-order valence-corrected chi connectivity index (χ4v) is 2.55. The van der Waals surface area contributed by atoms with Crippen molar-refractivity contribution in [1.82, 2.24) is 15.1 Å². The maximum Gasteiger partial charge on any atom is 0.326 e. The highest BCUT2D eigenvalue weighted by atomic mass is 35.5. The van der Waals surface area contributed by atoms with Gasteiger partial charge in [-0.05, 0) is 40.0 Å². The second-order valence-electron chi connectivity index (χ2n) is 5.66. The number of aromatic nitrogens is 2. The number of ether oxygens (including phenoxy) is 1. The maximum absolute atomic E-state index is 12.3. The van der Waals surface area contributed by atoms with Crippen molar-refractivity contribution < 1.29 is 9.53 Å². The number of rotatable bonds is 7. The molecular weight excluding hydrogens is 278 g/mol. The molecule has 0 amide bonds. The summed E-state index contributed by atoms with van der Waals surface area (Å²) in [6.45, 7) is 6.15. The summed E-state index contributed by atoms with van der Waals surface area (Å²) in [4.78, 5) is 12.3. The average molecular weight is 300 g/mol. The number of carbonyl (C=O) groups is 1. The zero-order chi connectivity index (χ0) is 14.8. The van der Waals surface area contributed by atoms with Gasteiger partial charge in [-0.2, -0.15) is 5.10 Å². The first-order chi connectivity index (χ1) is 9.44. The SMILES string of the molecule is CCOC(=O)C(C)(CC(C)n1cc(Cl)cn1)NC1CC1. The molecule has 112 valence electrons. The van der Waals surface area contributed by atoms with Gasteiger partial charge in [0, 0.05) is 12.2 Å². The van der Waals surface area contributed by atoms with Gasteiger partial charge in [0.05, 0.1) is 23.9 Å². The van der Waals surface area contributed by atoms with Gasteiger partial charge >= 0.3 is 5.97 Å². The summed E-state index contributed by atoms with van der Waals surface area (Å²) in [5.41, 5.74) is -0.685. The molecule has 1 heterocycles. The van der Waals surface area contributed by atoms with Gasteiger partial charge in [-0.3, -0.25) is 14.8 Å². The van der Waals surface area contributed by atoms with Crippen LogP contribution < -0.4 is 5.32 Å². The van der Waals surface area contributed by atoms with E-state index in [0.717, 1.165) is 12.8 Å². The van der Waals surface area contributed by atoms with Crippen molar-refractivity contribution in [1.29, 1.82) is 0 Å². The zero-order valence-electron chi connectivity index (χ0n) is 12.2. The van der Waals surface area contributed by atoms with Crippen LogP contribution in [0.5, 0.6) is 0 Å². The molecule has 1 saturated carbocycles. The minimum Gasteiger partial charge on any atom is -0.465 e. The molecule has 1 aliphatic rings. The Morgan fingerprint density at radius 3 is 2.90 bits per heavy atom. The van der Waals surface area contributed by atoms with Crippen LogP contribution in [-0.4, -0.2) is 33.9 Å². The summed E-state index contributed by atoms with van der Waals surface area (Å²) in [7, 11) is 0. The normalized spacial score (nSPS) is 19.4. The van der Waals surface area contributed by atoms with Crippen molar-refractivity contribution in [3.05, 3.63) is 17.4 Å². The Labute approximate surface area is 124 Å². The summed E-state index contributed by atoms with van der Waals surface area (Å²) in [5.74, 6) is -0.197. The van der Waals surface area contributed by atoms with Crippen molar-refractivity contribution in [3.8, 4) is 0 Å². The minimum atomic E-state index is -0.685. The molecule has 0 spiro atoms. The van der Waals surface area contributed by atoms with Gasteiger partial charge in [0.2, 0.25) is 0 Å². The molecule has 0 radical (unpaired) electrons. The van der Waals surface area contributed by atoms with Crippen LogP contribution in [0.3, 0.4) is 0 Å². The quantitative estimate of drug-likeness (QED) is 0.786. The summed E-state index contributed by atoms with van der Waals surface area (Å²) in [6.07, 6.45) is 6.23. The van der Waals surface area contributed by atoms with Crippen LogP contribution in [0.4, 0.5) is 0 Å². The maximum atomic E-state index is 12.3. The third kappa shape index (κ3) is 3.73. The monoisotopic (exact) mass is 299 g/mol. The molecule has 0 saturated heterocycles. The number of hydrogen-bond acceptors (Lipinski definition) is 4. The van der Waals surface area contributed by atoms with E-state index in [1.807, 2.05) is 20.8 Å². The van der Waals surface area contributed by atoms with Crippen LogP contribution in [0.15, 0.2) is 12.4 Å². The Hall–Kier alpha value is -1.07. The molecule has 2 rings (SSSR count). The van der Waals surface area contributed by atoms with Gasteiger partial charge in [-0.15, -0.1) is 0 Å². The fraction of sp³-hybridized carbons (Fsp3) is 0.714. The van der Waals surface area contributed by atoms with Crippen molar-refractivity contribution in [2.24, 2.45) is 0 Å². The van der Waals surface area contributed by atoms with Crippen molar-refractivity contribution in [2.75, 3.05) is 6.61 Å². The highest BCUT2D eigenvalue weighted by molar-refractivity contribution is 6.30. The number of halogens is 1. The molecule has 1 aromatic heterocycles. The predicted octanol–water partition coefficient (Wildman–Crippen LogP) is 2.56. The number of esters is 1. The van der Waals surface area contributed by atoms with Crippen LogP contribution in [0.25, 0.3) is 0 Å². The van der Waals surface area contributed by atoms with E-state index in [0.29, 0.717) is 24.1 Å². The third-order valence-corrected chi connectivity index (χ3v) is 3.75. The van der Waals surface area contributed by atoms with E-state index in [9.17, 15) is 4.79 Å². The lowest BCUT2D eigenvalue weighted by Crippen LogP contribution is -2.52. The molecule has 1 aliphatic carbocycles. The first-order valence-electron chi connectivity index (χ1n) is 7.09. The lowest BCUT2D eigenvalue weighted by molar-refractivity contribution is -0.151. The van der Waals surface area contributed by atoms with E-state index in [1.165, 1.54) is 0 Å². The third-order valence-electron chi connectivity index (χ3n) is 3.55. The summed E-state index contributed by atoms with van der Waals surface area (Å²) >= 11 is 5.89. The Kier molecular flexibility index (Phi) is 4.70. The van der Waals surface area contributed by atoms with E-state index in [2.05, 4.69) is 10.4 Å². The summed E-state index contributed by atoms with van der Waals surface area (Å²) in [5, 5.41) is 8.22. The number of nitrogens with zero attached hydrogens (tertiary/aromatic N) is 2. The average Bonchev–Trinajstić information content (AvgIpc) is 3.07. The molecule has 0 aromatic carbocycles. The van der Waals surface area contributed by atoms with Gasteiger partial charge in [-0.25, -0.2) is 0 Å². The smallest absolute Gasteiger partial charge is 0.326 e. The molecular formula is C14H22ClN3O2. The van der Waals surface area contributed by atoms with Crippen LogP contribution >= 0.6 is 11.6 Å². The molecule has 1 aromatic rings. The molecule has 6 heteroatoms. The number of hydrogen-bond donors (Lipinski definition) is 1. The highest BCUT2D eigenvalue weighted by Crippen LogP contribution is 2.28. The predicted molar refractivity (Wildman–Crippen MR) is 77.8 cm³/mol. The van der Waals surface area contributed by atoms with Gasteiger partial charge in [-0.1, -0.05) is 11.6 Å². The lowest BCUT2D eigenvalue weighted by atomic mass is 9.93. The summed E-state index contributed by atoms with van der Waals surface area (Å²) in [6, 6.07) is 0.487. The molecule has 20 heavy (non-hydrogen) atoms. The molecule has 0 bridgehead atoms. The van der Waals surface area contributed by atoms with Gasteiger partial charge < -0.3 is 4.74 Å². The molecule has 0 aliphatic heterocycles. The second-order valence-corrected chi connectivity index (χ2v) is 6.10. The van der Waals surface area contributed by atoms with Crippen LogP contribution in [0.2, 0.25) is 5.02 Å².